The number of hydrogen-bond acceptors (Lipinski definition) is 4. The van der Waals surface area contributed by atoms with E-state index in [1.807, 2.05) is 0 Å². The van der Waals surface area contributed by atoms with Crippen LogP contribution in [0.5, 0.6) is 0 Å². The van der Waals surface area contributed by atoms with Crippen LogP contribution in [-0.2, 0) is 0 Å². The van der Waals surface area contributed by atoms with Gasteiger partial charge in [0, 0.05) is 36.8 Å². The molecule has 0 spiro atoms. The third-order valence-corrected chi connectivity index (χ3v) is 5.93. The predicted molar refractivity (Wildman–Crippen MR) is 89.2 cm³/mol. The number of nitrogens with zero attached hydrogens (tertiary/aromatic N) is 4. The molecule has 0 radical (unpaired) electrons. The minimum Gasteiger partial charge on any atom is -0.356 e. The van der Waals surface area contributed by atoms with Crippen molar-refractivity contribution in [1.82, 2.24) is 14.9 Å². The van der Waals surface area contributed by atoms with Crippen LogP contribution in [0, 0.1) is 5.92 Å². The number of piperidine rings is 1. The van der Waals surface area contributed by atoms with Gasteiger partial charge >= 0.3 is 0 Å². The Morgan fingerprint density at radius 2 is 1.73 bits per heavy atom. The van der Waals surface area contributed by atoms with E-state index in [1.165, 1.54) is 57.3 Å². The van der Waals surface area contributed by atoms with Crippen LogP contribution in [0.4, 0.5) is 5.82 Å². The molecule has 1 aromatic rings. The third kappa shape index (κ3) is 2.98. The normalized spacial score (nSPS) is 25.6. The van der Waals surface area contributed by atoms with Gasteiger partial charge in [-0.2, -0.15) is 0 Å². The second-order valence-corrected chi connectivity index (χ2v) is 7.38. The van der Waals surface area contributed by atoms with Gasteiger partial charge in [-0.15, -0.1) is 0 Å². The summed E-state index contributed by atoms with van der Waals surface area (Å²) in [4.78, 5) is 14.1. The molecule has 0 N–H and O–H groups in total. The van der Waals surface area contributed by atoms with Gasteiger partial charge in [0.1, 0.15) is 12.1 Å². The summed E-state index contributed by atoms with van der Waals surface area (Å²) in [6, 6.07) is 3.00. The second-order valence-electron chi connectivity index (χ2n) is 7.38. The SMILES string of the molecule is C[C@@H](C1CCN(c2cc(C3CC3)ncn2)CC1)N1CCCC1. The lowest BCUT2D eigenvalue weighted by Crippen LogP contribution is -2.43. The molecule has 22 heavy (non-hydrogen) atoms. The zero-order chi connectivity index (χ0) is 14.9. The lowest BCUT2D eigenvalue weighted by Gasteiger charge is -2.38. The van der Waals surface area contributed by atoms with Gasteiger partial charge in [0.2, 0.25) is 0 Å². The molecule has 3 aliphatic rings. The van der Waals surface area contributed by atoms with E-state index in [2.05, 4.69) is 32.8 Å². The van der Waals surface area contributed by atoms with E-state index in [4.69, 9.17) is 0 Å². The summed E-state index contributed by atoms with van der Waals surface area (Å²) in [5.74, 6) is 2.73. The Balaban J connectivity index is 1.36. The molecule has 1 aromatic heterocycles. The average Bonchev–Trinajstić information content (AvgIpc) is 3.29. The van der Waals surface area contributed by atoms with Crippen LogP contribution in [0.2, 0.25) is 0 Å². The Morgan fingerprint density at radius 1 is 1.00 bits per heavy atom. The highest BCUT2D eigenvalue weighted by atomic mass is 15.2. The van der Waals surface area contributed by atoms with Crippen molar-refractivity contribution in [2.75, 3.05) is 31.1 Å². The van der Waals surface area contributed by atoms with Crippen molar-refractivity contribution in [1.29, 1.82) is 0 Å². The first-order valence-corrected chi connectivity index (χ1v) is 9.12. The second kappa shape index (κ2) is 6.15. The zero-order valence-electron chi connectivity index (χ0n) is 13.7. The number of hydrogen-bond donors (Lipinski definition) is 0. The number of rotatable bonds is 4. The van der Waals surface area contributed by atoms with Crippen LogP contribution in [0.15, 0.2) is 12.4 Å². The van der Waals surface area contributed by atoms with E-state index in [0.717, 1.165) is 36.8 Å². The summed E-state index contributed by atoms with van der Waals surface area (Å²) < 4.78 is 0. The van der Waals surface area contributed by atoms with E-state index < -0.39 is 0 Å². The van der Waals surface area contributed by atoms with Gasteiger partial charge in [0.15, 0.2) is 0 Å². The molecule has 1 saturated carbocycles. The highest BCUT2D eigenvalue weighted by Crippen LogP contribution is 2.39. The first kappa shape index (κ1) is 14.4. The van der Waals surface area contributed by atoms with Crippen LogP contribution in [0.1, 0.15) is 57.1 Å². The summed E-state index contributed by atoms with van der Waals surface area (Å²) in [6.45, 7) is 7.39. The standard InChI is InChI=1S/C18H28N4/c1-14(21-8-2-3-9-21)15-6-10-22(11-7-15)18-12-17(16-4-5-16)19-13-20-18/h12-16H,2-11H2,1H3/t14-/m0/s1. The molecule has 2 aliphatic heterocycles. The predicted octanol–water partition coefficient (Wildman–Crippen LogP) is 3.05. The molecular weight excluding hydrogens is 272 g/mol. The van der Waals surface area contributed by atoms with Gasteiger partial charge in [-0.25, -0.2) is 9.97 Å². The molecule has 1 aliphatic carbocycles. The van der Waals surface area contributed by atoms with Crippen molar-refractivity contribution < 1.29 is 0 Å². The van der Waals surface area contributed by atoms with Crippen LogP contribution < -0.4 is 4.90 Å². The zero-order valence-corrected chi connectivity index (χ0v) is 13.7. The molecule has 0 aromatic carbocycles. The van der Waals surface area contributed by atoms with Crippen LogP contribution in [-0.4, -0.2) is 47.1 Å². The molecule has 3 heterocycles. The minimum absolute atomic E-state index is 0.717. The Bertz CT molecular complexity index is 500. The monoisotopic (exact) mass is 300 g/mol. The molecule has 2 saturated heterocycles. The molecule has 4 rings (SSSR count). The lowest BCUT2D eigenvalue weighted by molar-refractivity contribution is 0.167. The topological polar surface area (TPSA) is 32.3 Å². The highest BCUT2D eigenvalue weighted by molar-refractivity contribution is 5.40. The Morgan fingerprint density at radius 3 is 2.41 bits per heavy atom. The van der Waals surface area contributed by atoms with Gasteiger partial charge in [0.25, 0.3) is 0 Å². The summed E-state index contributed by atoms with van der Waals surface area (Å²) in [6.07, 6.45) is 9.79. The molecular formula is C18H28N4. The number of anilines is 1. The molecule has 0 bridgehead atoms. The fraction of sp³-hybridized carbons (Fsp3) is 0.778. The summed E-state index contributed by atoms with van der Waals surface area (Å²) in [5, 5.41) is 0. The molecule has 0 amide bonds. The van der Waals surface area contributed by atoms with Crippen molar-refractivity contribution >= 4 is 5.82 Å². The summed E-state index contributed by atoms with van der Waals surface area (Å²) >= 11 is 0. The molecule has 120 valence electrons. The van der Waals surface area contributed by atoms with Crippen molar-refractivity contribution in [2.45, 2.75) is 57.4 Å². The first-order valence-electron chi connectivity index (χ1n) is 9.12. The Hall–Kier alpha value is -1.16. The van der Waals surface area contributed by atoms with E-state index >= 15 is 0 Å². The lowest BCUT2D eigenvalue weighted by atomic mass is 9.89. The molecule has 4 heteroatoms. The van der Waals surface area contributed by atoms with Crippen molar-refractivity contribution in [3.8, 4) is 0 Å². The van der Waals surface area contributed by atoms with Crippen molar-refractivity contribution in [3.05, 3.63) is 18.1 Å². The summed E-state index contributed by atoms with van der Waals surface area (Å²) in [5.41, 5.74) is 1.26. The van der Waals surface area contributed by atoms with Gasteiger partial charge < -0.3 is 9.80 Å². The van der Waals surface area contributed by atoms with E-state index in [9.17, 15) is 0 Å². The first-order chi connectivity index (χ1) is 10.8. The van der Waals surface area contributed by atoms with E-state index in [1.54, 1.807) is 6.33 Å². The third-order valence-electron chi connectivity index (χ3n) is 5.93. The maximum Gasteiger partial charge on any atom is 0.132 e. The number of likely N-dealkylation sites (tertiary alicyclic amines) is 1. The number of aromatic nitrogens is 2. The summed E-state index contributed by atoms with van der Waals surface area (Å²) in [7, 11) is 0. The van der Waals surface area contributed by atoms with Gasteiger partial charge in [-0.3, -0.25) is 0 Å². The van der Waals surface area contributed by atoms with Gasteiger partial charge in [0.05, 0.1) is 0 Å². The molecule has 1 atom stereocenters. The van der Waals surface area contributed by atoms with Crippen LogP contribution in [0.3, 0.4) is 0 Å². The Labute approximate surface area is 133 Å². The van der Waals surface area contributed by atoms with Crippen LogP contribution in [0.25, 0.3) is 0 Å². The molecule has 4 nitrogen and oxygen atoms in total. The van der Waals surface area contributed by atoms with Crippen molar-refractivity contribution in [2.24, 2.45) is 5.92 Å². The quantitative estimate of drug-likeness (QED) is 0.855. The van der Waals surface area contributed by atoms with Gasteiger partial charge in [-0.1, -0.05) is 0 Å². The highest BCUT2D eigenvalue weighted by Gasteiger charge is 2.30. The molecule has 3 fully saturated rings. The maximum atomic E-state index is 4.52. The Kier molecular flexibility index (Phi) is 4.03. The van der Waals surface area contributed by atoms with Crippen molar-refractivity contribution in [3.63, 3.8) is 0 Å². The van der Waals surface area contributed by atoms with Crippen LogP contribution >= 0.6 is 0 Å². The fourth-order valence-electron chi connectivity index (χ4n) is 4.19. The smallest absolute Gasteiger partial charge is 0.132 e. The maximum absolute atomic E-state index is 4.52. The fourth-order valence-corrected chi connectivity index (χ4v) is 4.19. The van der Waals surface area contributed by atoms with E-state index in [0.29, 0.717) is 0 Å². The van der Waals surface area contributed by atoms with E-state index in [-0.39, 0.29) is 0 Å². The minimum atomic E-state index is 0.717. The molecule has 0 unspecified atom stereocenters. The van der Waals surface area contributed by atoms with Gasteiger partial charge in [-0.05, 0) is 64.5 Å². The largest absolute Gasteiger partial charge is 0.356 e. The average molecular weight is 300 g/mol.